The Morgan fingerprint density at radius 2 is 0.680 bits per heavy atom. The van der Waals surface area contributed by atoms with Crippen LogP contribution in [0.15, 0.2) is 0 Å². The average molecular weight is 816 g/mol. The number of nitrogens with two attached hydrogens (primary N) is 1. The molecule has 0 rings (SSSR count). The maximum Gasteiger partial charge on any atom is 0.474 e. The highest BCUT2D eigenvalue weighted by Crippen LogP contribution is 2.51. The minimum Gasteiger partial charge on any atom is -0.377 e. The molecule has 0 aliphatic carbocycles. The fourth-order valence-electron chi connectivity index (χ4n) is 3.31. The molecule has 25 heteroatoms. The van der Waals surface area contributed by atoms with Crippen LogP contribution in [-0.4, -0.2) is 142 Å². The second-order valence-corrected chi connectivity index (χ2v) is 16.7. The molecule has 302 valence electrons. The zero-order valence-corrected chi connectivity index (χ0v) is 33.4. The Bertz CT molecular complexity index is 925. The van der Waals surface area contributed by atoms with Gasteiger partial charge in [0.15, 0.2) is 0 Å². The summed E-state index contributed by atoms with van der Waals surface area (Å²) in [5.74, 6) is -0.390. The number of phosphoric acid groups is 4. The molecular weight excluding hydrogens is 758 g/mol. The number of phosphoric ester groups is 4. The van der Waals surface area contributed by atoms with Crippen molar-refractivity contribution in [1.29, 1.82) is 0 Å². The van der Waals surface area contributed by atoms with E-state index in [0.29, 0.717) is 19.4 Å². The molecule has 0 radical (unpaired) electrons. The minimum absolute atomic E-state index is 0.00551. The van der Waals surface area contributed by atoms with Gasteiger partial charge in [0.05, 0.1) is 92.5 Å². The highest BCUT2D eigenvalue weighted by molar-refractivity contribution is 7.49. The summed E-state index contributed by atoms with van der Waals surface area (Å²) in [5, 5.41) is 0. The quantitative estimate of drug-likeness (QED) is 0.0678. The zero-order valence-electron chi connectivity index (χ0n) is 29.8. The van der Waals surface area contributed by atoms with Gasteiger partial charge in [-0.15, -0.1) is 0 Å². The third kappa shape index (κ3) is 25.3. The van der Waals surface area contributed by atoms with Crippen LogP contribution < -0.4 is 5.73 Å². The second kappa shape index (κ2) is 30.6. The lowest BCUT2D eigenvalue weighted by molar-refractivity contribution is 0.0137. The van der Waals surface area contributed by atoms with Crippen LogP contribution in [0.4, 0.5) is 0 Å². The number of unbranched alkanes of at least 4 members (excludes halogenated alkanes) is 1. The normalized spacial score (nSPS) is 15.6. The van der Waals surface area contributed by atoms with Crippen LogP contribution in [0.25, 0.3) is 0 Å². The summed E-state index contributed by atoms with van der Waals surface area (Å²) in [4.78, 5) is 0. The molecule has 0 saturated carbocycles. The van der Waals surface area contributed by atoms with Crippen molar-refractivity contribution in [2.24, 2.45) is 11.7 Å². The van der Waals surface area contributed by atoms with Crippen molar-refractivity contribution in [3.8, 4) is 0 Å². The molecule has 0 saturated heterocycles. The molecule has 21 nitrogen and oxygen atoms in total. The highest BCUT2D eigenvalue weighted by Gasteiger charge is 2.30. The first-order valence-corrected chi connectivity index (χ1v) is 21.4. The first kappa shape index (κ1) is 50.2. The van der Waals surface area contributed by atoms with Crippen LogP contribution >= 0.6 is 31.3 Å². The summed E-state index contributed by atoms with van der Waals surface area (Å²) < 4.78 is 131. The number of hydrogen-bond acceptors (Lipinski definition) is 21. The van der Waals surface area contributed by atoms with E-state index in [1.54, 1.807) is 0 Å². The summed E-state index contributed by atoms with van der Waals surface area (Å²) in [6.45, 7) is 1.24. The van der Waals surface area contributed by atoms with Gasteiger partial charge in [-0.25, -0.2) is 18.3 Å². The van der Waals surface area contributed by atoms with Gasteiger partial charge in [0.1, 0.15) is 0 Å². The van der Waals surface area contributed by atoms with Crippen molar-refractivity contribution < 1.29 is 91.5 Å². The molecule has 2 unspecified atom stereocenters. The van der Waals surface area contributed by atoms with Gasteiger partial charge in [-0.3, -0.25) is 54.3 Å². The molecule has 2 atom stereocenters. The average Bonchev–Trinajstić information content (AvgIpc) is 3.13. The van der Waals surface area contributed by atoms with Gasteiger partial charge in [-0.1, -0.05) is 6.42 Å². The number of hydrogen-bond donors (Lipinski definition) is 1. The summed E-state index contributed by atoms with van der Waals surface area (Å²) in [5.41, 5.74) is 5.62. The van der Waals surface area contributed by atoms with Crippen LogP contribution in [0.5, 0.6) is 0 Å². The Morgan fingerprint density at radius 3 is 0.960 bits per heavy atom. The van der Waals surface area contributed by atoms with Crippen LogP contribution in [0, 0.1) is 5.92 Å². The fraction of sp³-hybridized carbons (Fsp3) is 1.00. The smallest absolute Gasteiger partial charge is 0.377 e. The lowest BCUT2D eigenvalue weighted by Gasteiger charge is -2.23. The third-order valence-corrected chi connectivity index (χ3v) is 11.6. The molecule has 2 N–H and O–H groups in total. The predicted octanol–water partition coefficient (Wildman–Crippen LogP) is 4.21. The van der Waals surface area contributed by atoms with Crippen LogP contribution in [0.2, 0.25) is 0 Å². The Morgan fingerprint density at radius 1 is 0.400 bits per heavy atom. The lowest BCUT2D eigenvalue weighted by Crippen LogP contribution is -2.18. The summed E-state index contributed by atoms with van der Waals surface area (Å²) in [6, 6.07) is 0. The SMILES string of the molecule is COP(=O)(OC)OCCOCCOCCOP(=O)(OC)OCC(CCCCN)COP(=O)(OC)OCCOCCOCCOP(=O)(OC)OC. The molecule has 0 amide bonds. The van der Waals surface area contributed by atoms with Crippen molar-refractivity contribution in [3.05, 3.63) is 0 Å². The first-order valence-electron chi connectivity index (χ1n) is 15.5. The topological polar surface area (TPSA) is 242 Å². The van der Waals surface area contributed by atoms with E-state index in [1.807, 2.05) is 0 Å². The predicted molar refractivity (Wildman–Crippen MR) is 178 cm³/mol. The monoisotopic (exact) mass is 815 g/mol. The van der Waals surface area contributed by atoms with Crippen molar-refractivity contribution in [2.75, 3.05) is 142 Å². The van der Waals surface area contributed by atoms with Crippen LogP contribution in [-0.2, 0) is 91.5 Å². The van der Waals surface area contributed by atoms with Gasteiger partial charge in [-0.2, -0.15) is 0 Å². The van der Waals surface area contributed by atoms with Crippen molar-refractivity contribution in [1.82, 2.24) is 0 Å². The van der Waals surface area contributed by atoms with E-state index >= 15 is 0 Å². The van der Waals surface area contributed by atoms with E-state index in [4.69, 9.17) is 60.9 Å². The maximum absolute atomic E-state index is 13.0. The second-order valence-electron chi connectivity index (χ2n) is 9.41. The Kier molecular flexibility index (Phi) is 30.7. The molecule has 0 aromatic carbocycles. The van der Waals surface area contributed by atoms with Gasteiger partial charge in [0.2, 0.25) is 0 Å². The van der Waals surface area contributed by atoms with Gasteiger partial charge < -0.3 is 24.7 Å². The lowest BCUT2D eigenvalue weighted by atomic mass is 10.0. The Balaban J connectivity index is 4.44. The molecule has 0 aromatic rings. The van der Waals surface area contributed by atoms with Crippen molar-refractivity contribution >= 4 is 31.3 Å². The molecule has 50 heavy (non-hydrogen) atoms. The van der Waals surface area contributed by atoms with E-state index in [1.165, 1.54) is 42.7 Å². The minimum atomic E-state index is -3.95. The summed E-state index contributed by atoms with van der Waals surface area (Å²) >= 11 is 0. The van der Waals surface area contributed by atoms with E-state index in [0.717, 1.165) is 6.42 Å². The highest BCUT2D eigenvalue weighted by atomic mass is 31.2. The number of ether oxygens (including phenoxy) is 4. The van der Waals surface area contributed by atoms with Crippen LogP contribution in [0.1, 0.15) is 19.3 Å². The van der Waals surface area contributed by atoms with Crippen molar-refractivity contribution in [3.63, 3.8) is 0 Å². The van der Waals surface area contributed by atoms with E-state index in [2.05, 4.69) is 18.1 Å². The molecule has 0 spiro atoms. The van der Waals surface area contributed by atoms with E-state index in [9.17, 15) is 18.3 Å². The van der Waals surface area contributed by atoms with Gasteiger partial charge in [0, 0.05) is 48.6 Å². The number of rotatable bonds is 38. The molecular formula is C25H57NO20P4. The largest absolute Gasteiger partial charge is 0.474 e. The Labute approximate surface area is 295 Å². The molecule has 0 fully saturated rings. The standard InChI is InChI=1S/C25H57NO20P4/c1-31-47(27,32-2)41-19-15-37-11-13-39-17-21-43-49(29,35-5)45-23-25(9-7-8-10-26)24-46-50(30,36-6)44-22-18-40-14-12-38-16-20-42-48(28,33-3)34-4/h25H,7-24,26H2,1-6H3. The van der Waals surface area contributed by atoms with E-state index < -0.39 is 31.3 Å². The van der Waals surface area contributed by atoms with Gasteiger partial charge >= 0.3 is 31.3 Å². The molecule has 0 aliphatic rings. The molecule has 0 aliphatic heterocycles. The van der Waals surface area contributed by atoms with E-state index in [-0.39, 0.29) is 98.4 Å². The van der Waals surface area contributed by atoms with Gasteiger partial charge in [0.25, 0.3) is 0 Å². The first-order chi connectivity index (χ1) is 23.9. The summed E-state index contributed by atoms with van der Waals surface area (Å²) in [6.07, 6.45) is 1.96. The maximum atomic E-state index is 13.0. The van der Waals surface area contributed by atoms with Crippen molar-refractivity contribution in [2.45, 2.75) is 19.3 Å². The summed E-state index contributed by atoms with van der Waals surface area (Å²) in [7, 11) is -7.81. The Hall–Kier alpha value is 0.240. The fourth-order valence-corrected chi connectivity index (χ4v) is 6.58. The zero-order chi connectivity index (χ0) is 37.6. The molecule has 0 aromatic heterocycles. The third-order valence-electron chi connectivity index (χ3n) is 6.00. The molecule has 0 heterocycles. The van der Waals surface area contributed by atoms with Crippen LogP contribution in [0.3, 0.4) is 0 Å². The molecule has 0 bridgehead atoms. The van der Waals surface area contributed by atoms with Gasteiger partial charge in [-0.05, 0) is 19.4 Å².